The number of carbonyl (C=O) groups excluding carboxylic acids is 4. The number of ether oxygens (including phenoxy) is 1. The average molecular weight is 371 g/mol. The zero-order chi connectivity index (χ0) is 20.4. The summed E-state index contributed by atoms with van der Waals surface area (Å²) in [6.07, 6.45) is 0. The molecule has 27 heavy (non-hydrogen) atoms. The van der Waals surface area contributed by atoms with Crippen molar-refractivity contribution in [1.82, 2.24) is 10.2 Å². The highest BCUT2D eigenvalue weighted by Crippen LogP contribution is 2.24. The number of fused-ring (bicyclic) bond motifs is 1. The Morgan fingerprint density at radius 2 is 1.70 bits per heavy atom. The Labute approximate surface area is 157 Å². The monoisotopic (exact) mass is 371 g/mol. The van der Waals surface area contributed by atoms with E-state index in [2.05, 4.69) is 5.32 Å². The van der Waals surface area contributed by atoms with Crippen molar-refractivity contribution in [2.24, 2.45) is 5.92 Å². The van der Waals surface area contributed by atoms with Gasteiger partial charge in [-0.15, -0.1) is 0 Å². The fourth-order valence-electron chi connectivity index (χ4n) is 2.55. The molecule has 1 heterocycles. The molecule has 0 saturated carbocycles. The second-order valence-corrected chi connectivity index (χ2v) is 6.83. The molecule has 1 N–H and O–H groups in total. The van der Waals surface area contributed by atoms with E-state index in [-0.39, 0.29) is 17.0 Å². The highest BCUT2D eigenvalue weighted by molar-refractivity contribution is 6.22. The quantitative estimate of drug-likeness (QED) is 0.594. The van der Waals surface area contributed by atoms with Crippen LogP contribution in [0.1, 0.15) is 48.4 Å². The Balaban J connectivity index is 1.99. The van der Waals surface area contributed by atoms with E-state index >= 15 is 0 Å². The topological polar surface area (TPSA) is 117 Å². The van der Waals surface area contributed by atoms with Crippen LogP contribution < -0.4 is 5.32 Å². The van der Waals surface area contributed by atoms with E-state index in [1.807, 2.05) is 6.07 Å². The summed E-state index contributed by atoms with van der Waals surface area (Å²) in [5.41, 5.74) is -0.652. The van der Waals surface area contributed by atoms with Crippen LogP contribution in [-0.4, -0.2) is 46.8 Å². The van der Waals surface area contributed by atoms with Crippen LogP contribution in [0.2, 0.25) is 0 Å². The molecule has 0 aliphatic carbocycles. The number of nitriles is 1. The van der Waals surface area contributed by atoms with Crippen molar-refractivity contribution >= 4 is 23.7 Å². The van der Waals surface area contributed by atoms with Crippen LogP contribution in [0.25, 0.3) is 0 Å². The van der Waals surface area contributed by atoms with Gasteiger partial charge in [0.2, 0.25) is 0 Å². The standard InChI is InChI=1S/C19H21N3O5/c1-11(2)19(4,10-20)21-15(23)9-27-18(26)12(3)22-16(24)13-7-5-6-8-14(13)17(22)25/h5-8,11-12H,9H2,1-4H3,(H,21,23)/t12-,19+/m0/s1. The molecule has 0 fully saturated rings. The molecule has 2 rings (SSSR count). The first-order valence-corrected chi connectivity index (χ1v) is 8.48. The molecular weight excluding hydrogens is 350 g/mol. The fraction of sp³-hybridized carbons (Fsp3) is 0.421. The van der Waals surface area contributed by atoms with Crippen LogP contribution in [0.3, 0.4) is 0 Å². The molecule has 0 spiro atoms. The minimum Gasteiger partial charge on any atom is -0.454 e. The molecule has 0 saturated heterocycles. The summed E-state index contributed by atoms with van der Waals surface area (Å²) >= 11 is 0. The minimum absolute atomic E-state index is 0.153. The SMILES string of the molecule is CC(C)[C@@](C)(C#N)NC(=O)COC(=O)[C@H](C)N1C(=O)c2ccccc2C1=O. The molecular formula is C19H21N3O5. The van der Waals surface area contributed by atoms with Gasteiger partial charge in [-0.05, 0) is 31.9 Å². The molecule has 8 nitrogen and oxygen atoms in total. The van der Waals surface area contributed by atoms with E-state index in [1.54, 1.807) is 32.9 Å². The Kier molecular flexibility index (Phi) is 5.64. The lowest BCUT2D eigenvalue weighted by atomic mass is 9.90. The maximum absolute atomic E-state index is 12.4. The normalized spacial score (nSPS) is 16.4. The molecule has 142 valence electrons. The van der Waals surface area contributed by atoms with Gasteiger partial charge in [-0.2, -0.15) is 5.26 Å². The number of nitrogens with one attached hydrogen (secondary N) is 1. The molecule has 1 aliphatic rings. The van der Waals surface area contributed by atoms with E-state index in [1.165, 1.54) is 19.1 Å². The number of nitrogens with zero attached hydrogens (tertiary/aromatic N) is 2. The molecule has 8 heteroatoms. The van der Waals surface area contributed by atoms with Gasteiger partial charge in [0.05, 0.1) is 17.2 Å². The third-order valence-electron chi connectivity index (χ3n) is 4.69. The predicted molar refractivity (Wildman–Crippen MR) is 94.4 cm³/mol. The second-order valence-electron chi connectivity index (χ2n) is 6.83. The van der Waals surface area contributed by atoms with Gasteiger partial charge < -0.3 is 10.1 Å². The summed E-state index contributed by atoms with van der Waals surface area (Å²) in [5, 5.41) is 11.7. The number of rotatable bonds is 6. The predicted octanol–water partition coefficient (Wildman–Crippen LogP) is 1.27. The molecule has 0 aromatic heterocycles. The Hall–Kier alpha value is -3.21. The maximum atomic E-state index is 12.4. The second kappa shape index (κ2) is 7.58. The van der Waals surface area contributed by atoms with Gasteiger partial charge in [0.25, 0.3) is 17.7 Å². The van der Waals surface area contributed by atoms with E-state index < -0.39 is 41.9 Å². The van der Waals surface area contributed by atoms with Crippen molar-refractivity contribution in [1.29, 1.82) is 5.26 Å². The maximum Gasteiger partial charge on any atom is 0.329 e. The number of amides is 3. The molecule has 3 amide bonds. The number of hydrogen-bond acceptors (Lipinski definition) is 6. The largest absolute Gasteiger partial charge is 0.454 e. The van der Waals surface area contributed by atoms with Crippen LogP contribution in [0.15, 0.2) is 24.3 Å². The third kappa shape index (κ3) is 3.82. The van der Waals surface area contributed by atoms with E-state index in [0.717, 1.165) is 4.90 Å². The van der Waals surface area contributed by atoms with E-state index in [4.69, 9.17) is 4.74 Å². The lowest BCUT2D eigenvalue weighted by Crippen LogP contribution is -2.50. The first kappa shape index (κ1) is 20.1. The Bertz CT molecular complexity index is 807. The van der Waals surface area contributed by atoms with Gasteiger partial charge in [0.1, 0.15) is 11.6 Å². The molecule has 2 atom stereocenters. The van der Waals surface area contributed by atoms with Crippen LogP contribution in [0.5, 0.6) is 0 Å². The van der Waals surface area contributed by atoms with Crippen LogP contribution >= 0.6 is 0 Å². The highest BCUT2D eigenvalue weighted by Gasteiger charge is 2.41. The number of benzene rings is 1. The Morgan fingerprint density at radius 1 is 1.19 bits per heavy atom. The third-order valence-corrected chi connectivity index (χ3v) is 4.69. The number of esters is 1. The molecule has 0 unspecified atom stereocenters. The van der Waals surface area contributed by atoms with Crippen LogP contribution in [0, 0.1) is 17.2 Å². The van der Waals surface area contributed by atoms with Crippen molar-refractivity contribution in [2.75, 3.05) is 6.61 Å². The van der Waals surface area contributed by atoms with E-state index in [9.17, 15) is 24.4 Å². The van der Waals surface area contributed by atoms with Crippen molar-refractivity contribution in [3.05, 3.63) is 35.4 Å². The first-order valence-electron chi connectivity index (χ1n) is 8.48. The van der Waals surface area contributed by atoms with Gasteiger partial charge in [-0.25, -0.2) is 4.79 Å². The molecule has 1 aromatic rings. The zero-order valence-electron chi connectivity index (χ0n) is 15.6. The molecule has 0 bridgehead atoms. The smallest absolute Gasteiger partial charge is 0.329 e. The van der Waals surface area contributed by atoms with Crippen LogP contribution in [0.4, 0.5) is 0 Å². The molecule has 1 aliphatic heterocycles. The van der Waals surface area contributed by atoms with Crippen molar-refractivity contribution in [2.45, 2.75) is 39.3 Å². The van der Waals surface area contributed by atoms with Crippen molar-refractivity contribution in [3.8, 4) is 6.07 Å². The van der Waals surface area contributed by atoms with Gasteiger partial charge in [0, 0.05) is 0 Å². The number of hydrogen-bond donors (Lipinski definition) is 1. The summed E-state index contributed by atoms with van der Waals surface area (Å²) in [7, 11) is 0. The average Bonchev–Trinajstić information content (AvgIpc) is 2.90. The van der Waals surface area contributed by atoms with Gasteiger partial charge in [-0.3, -0.25) is 19.3 Å². The Morgan fingerprint density at radius 3 is 2.15 bits per heavy atom. The fourth-order valence-corrected chi connectivity index (χ4v) is 2.55. The summed E-state index contributed by atoms with van der Waals surface area (Å²) in [5.74, 6) is -2.85. The van der Waals surface area contributed by atoms with Gasteiger partial charge in [-0.1, -0.05) is 26.0 Å². The zero-order valence-corrected chi connectivity index (χ0v) is 15.6. The molecule has 1 aromatic carbocycles. The van der Waals surface area contributed by atoms with Crippen molar-refractivity contribution < 1.29 is 23.9 Å². The number of imide groups is 1. The van der Waals surface area contributed by atoms with Crippen LogP contribution in [-0.2, 0) is 14.3 Å². The number of carbonyl (C=O) groups is 4. The summed E-state index contributed by atoms with van der Waals surface area (Å²) < 4.78 is 4.94. The molecule has 0 radical (unpaired) electrons. The minimum atomic E-state index is -1.18. The summed E-state index contributed by atoms with van der Waals surface area (Å²) in [6, 6.07) is 7.11. The highest BCUT2D eigenvalue weighted by atomic mass is 16.5. The summed E-state index contributed by atoms with van der Waals surface area (Å²) in [6.45, 7) is 5.87. The van der Waals surface area contributed by atoms with Gasteiger partial charge in [0.15, 0.2) is 6.61 Å². The first-order chi connectivity index (χ1) is 12.6. The van der Waals surface area contributed by atoms with Crippen molar-refractivity contribution in [3.63, 3.8) is 0 Å². The lowest BCUT2D eigenvalue weighted by molar-refractivity contribution is -0.152. The lowest BCUT2D eigenvalue weighted by Gasteiger charge is -2.27. The summed E-state index contributed by atoms with van der Waals surface area (Å²) in [4.78, 5) is 49.8. The van der Waals surface area contributed by atoms with E-state index in [0.29, 0.717) is 0 Å². The van der Waals surface area contributed by atoms with Gasteiger partial charge >= 0.3 is 5.97 Å².